The van der Waals surface area contributed by atoms with Gasteiger partial charge in [-0.05, 0) is 72.9 Å². The Morgan fingerprint density at radius 3 is 2.38 bits per heavy atom. The number of benzene rings is 4. The van der Waals surface area contributed by atoms with Crippen LogP contribution in [-0.2, 0) is 11.2 Å². The molecule has 6 nitrogen and oxygen atoms in total. The zero-order valence-electron chi connectivity index (χ0n) is 23.0. The summed E-state index contributed by atoms with van der Waals surface area (Å²) in [4.78, 5) is 11.4. The number of methoxy groups -OCH3 is 1. The molecule has 4 aromatic rings. The van der Waals surface area contributed by atoms with E-state index in [2.05, 4.69) is 55.6 Å². The van der Waals surface area contributed by atoms with E-state index < -0.39 is 12.1 Å². The van der Waals surface area contributed by atoms with Crippen LogP contribution in [0.5, 0.6) is 5.75 Å². The normalized spacial score (nSPS) is 13.3. The van der Waals surface area contributed by atoms with Crippen LogP contribution in [0.2, 0.25) is 0 Å². The number of aromatic carboxylic acids is 1. The van der Waals surface area contributed by atoms with Crippen molar-refractivity contribution >= 4 is 16.7 Å². The fourth-order valence-electron chi connectivity index (χ4n) is 4.86. The highest BCUT2D eigenvalue weighted by Crippen LogP contribution is 2.36. The molecule has 39 heavy (non-hydrogen) atoms. The van der Waals surface area contributed by atoms with Crippen LogP contribution in [-0.4, -0.2) is 48.1 Å². The number of nitrogens with one attached hydrogen (secondary N) is 1. The molecule has 2 atom stereocenters. The number of β-amino-alcohol motifs (C(OH)–C–C–N with tert-alkyl or cyclic N) is 1. The fraction of sp³-hybridized carbons (Fsp3) is 0.303. The highest BCUT2D eigenvalue weighted by Gasteiger charge is 2.21. The molecule has 0 aliphatic carbocycles. The second kappa shape index (κ2) is 12.4. The molecule has 0 spiro atoms. The molecule has 0 saturated heterocycles. The van der Waals surface area contributed by atoms with Crippen molar-refractivity contribution in [1.29, 1.82) is 0 Å². The Morgan fingerprint density at radius 1 is 0.923 bits per heavy atom. The quantitative estimate of drug-likeness (QED) is 0.201. The minimum atomic E-state index is -1.01. The van der Waals surface area contributed by atoms with Gasteiger partial charge in [0.2, 0.25) is 0 Å². The lowest BCUT2D eigenvalue weighted by molar-refractivity contribution is -0.00397. The number of rotatable bonds is 12. The van der Waals surface area contributed by atoms with Gasteiger partial charge in [0.25, 0.3) is 0 Å². The second-order valence-electron chi connectivity index (χ2n) is 10.6. The number of carboxylic acid groups (broad SMARTS) is 1. The van der Waals surface area contributed by atoms with E-state index in [0.29, 0.717) is 12.3 Å². The van der Waals surface area contributed by atoms with Crippen molar-refractivity contribution in [3.63, 3.8) is 0 Å². The van der Waals surface area contributed by atoms with Gasteiger partial charge in [-0.2, -0.15) is 0 Å². The molecule has 6 heteroatoms. The van der Waals surface area contributed by atoms with Crippen LogP contribution in [0.15, 0.2) is 84.9 Å². The van der Waals surface area contributed by atoms with Crippen LogP contribution in [0.25, 0.3) is 21.9 Å². The smallest absolute Gasteiger partial charge is 0.335 e. The lowest BCUT2D eigenvalue weighted by Crippen LogP contribution is -2.46. The van der Waals surface area contributed by atoms with Gasteiger partial charge in [0, 0.05) is 17.6 Å². The first-order chi connectivity index (χ1) is 18.7. The lowest BCUT2D eigenvalue weighted by Gasteiger charge is -2.28. The first kappa shape index (κ1) is 28.3. The van der Waals surface area contributed by atoms with Gasteiger partial charge in [0.05, 0.1) is 31.5 Å². The maximum Gasteiger partial charge on any atom is 0.335 e. The molecule has 4 aromatic carbocycles. The van der Waals surface area contributed by atoms with Crippen LogP contribution >= 0.6 is 0 Å². The molecule has 0 bridgehead atoms. The molecule has 0 fully saturated rings. The summed E-state index contributed by atoms with van der Waals surface area (Å²) < 4.78 is 11.6. The van der Waals surface area contributed by atoms with Crippen molar-refractivity contribution in [2.24, 2.45) is 0 Å². The second-order valence-corrected chi connectivity index (χ2v) is 10.6. The maximum absolute atomic E-state index is 11.4. The van der Waals surface area contributed by atoms with Gasteiger partial charge in [-0.25, -0.2) is 4.79 Å². The van der Waals surface area contributed by atoms with E-state index in [9.17, 15) is 15.0 Å². The summed E-state index contributed by atoms with van der Waals surface area (Å²) in [5.74, 6) is -0.527. The predicted molar refractivity (Wildman–Crippen MR) is 155 cm³/mol. The highest BCUT2D eigenvalue weighted by atomic mass is 16.5. The molecular weight excluding hydrogens is 490 g/mol. The summed E-state index contributed by atoms with van der Waals surface area (Å²) in [6.45, 7) is 6.79. The largest absolute Gasteiger partial charge is 0.496 e. The Hall–Kier alpha value is -3.71. The van der Waals surface area contributed by atoms with Crippen LogP contribution in [0.4, 0.5) is 0 Å². The van der Waals surface area contributed by atoms with Gasteiger partial charge in [-0.1, -0.05) is 66.7 Å². The third kappa shape index (κ3) is 7.24. The van der Waals surface area contributed by atoms with Crippen molar-refractivity contribution in [3.8, 4) is 16.9 Å². The molecule has 0 radical (unpaired) electrons. The lowest BCUT2D eigenvalue weighted by atomic mass is 9.93. The van der Waals surface area contributed by atoms with Crippen molar-refractivity contribution in [2.75, 3.05) is 20.3 Å². The summed E-state index contributed by atoms with van der Waals surface area (Å²) in [6.07, 6.45) is -0.150. The van der Waals surface area contributed by atoms with Crippen molar-refractivity contribution < 1.29 is 24.5 Å². The number of aliphatic hydroxyl groups is 1. The molecule has 0 unspecified atom stereocenters. The number of hydrogen-bond acceptors (Lipinski definition) is 5. The monoisotopic (exact) mass is 527 g/mol. The summed E-state index contributed by atoms with van der Waals surface area (Å²) in [6, 6.07) is 27.5. The Morgan fingerprint density at radius 2 is 1.64 bits per heavy atom. The summed E-state index contributed by atoms with van der Waals surface area (Å²) >= 11 is 0. The van der Waals surface area contributed by atoms with Gasteiger partial charge in [0.1, 0.15) is 5.75 Å². The molecule has 0 aromatic heterocycles. The Labute approximate surface area is 230 Å². The minimum absolute atomic E-state index is 0.163. The van der Waals surface area contributed by atoms with Crippen molar-refractivity contribution in [1.82, 2.24) is 5.32 Å². The van der Waals surface area contributed by atoms with E-state index in [1.807, 2.05) is 37.3 Å². The van der Waals surface area contributed by atoms with E-state index in [4.69, 9.17) is 9.47 Å². The number of fused-ring (bicyclic) bond motifs is 1. The van der Waals surface area contributed by atoms with Gasteiger partial charge < -0.3 is 25.0 Å². The molecule has 204 valence electrons. The average Bonchev–Trinajstić information content (AvgIpc) is 2.94. The van der Waals surface area contributed by atoms with E-state index in [1.165, 1.54) is 29.5 Å². The zero-order valence-corrected chi connectivity index (χ0v) is 23.0. The van der Waals surface area contributed by atoms with Crippen LogP contribution in [0.3, 0.4) is 0 Å². The standard InChI is InChI=1S/C33H37NO5/c1-22(28-11-7-8-12-29(28)30-16-15-26(32(36)37)18-31(30)38-4)39-21-27(35)20-34-33(2,3)19-23-13-14-24-9-5-6-10-25(24)17-23/h5-18,22,27,34-35H,19-21H2,1-4H3,(H,36,37)/t22-,27-/m1/s1. The predicted octanol–water partition coefficient (Wildman–Crippen LogP) is 6.26. The number of carbonyl (C=O) groups is 1. The topological polar surface area (TPSA) is 88.0 Å². The SMILES string of the molecule is COc1cc(C(=O)O)ccc1-c1ccccc1[C@@H](C)OC[C@H](O)CNC(C)(C)Cc1ccc2ccccc2c1. The third-order valence-corrected chi connectivity index (χ3v) is 6.95. The number of carboxylic acids is 1. The van der Waals surface area contributed by atoms with Gasteiger partial charge in [-0.15, -0.1) is 0 Å². The zero-order chi connectivity index (χ0) is 28.0. The summed E-state index contributed by atoms with van der Waals surface area (Å²) in [7, 11) is 1.53. The number of ether oxygens (including phenoxy) is 2. The van der Waals surface area contributed by atoms with Crippen molar-refractivity contribution in [2.45, 2.75) is 44.9 Å². The van der Waals surface area contributed by atoms with Gasteiger partial charge in [0.15, 0.2) is 0 Å². The van der Waals surface area contributed by atoms with Crippen LogP contribution in [0.1, 0.15) is 48.4 Å². The first-order valence-electron chi connectivity index (χ1n) is 13.2. The van der Waals surface area contributed by atoms with Crippen LogP contribution < -0.4 is 10.1 Å². The molecule has 0 saturated carbocycles. The molecule has 3 N–H and O–H groups in total. The minimum Gasteiger partial charge on any atom is -0.496 e. The third-order valence-electron chi connectivity index (χ3n) is 6.95. The Bertz CT molecular complexity index is 1430. The summed E-state index contributed by atoms with van der Waals surface area (Å²) in [5, 5.41) is 26.0. The first-order valence-corrected chi connectivity index (χ1v) is 13.2. The molecule has 0 heterocycles. The highest BCUT2D eigenvalue weighted by molar-refractivity contribution is 5.90. The Kier molecular flexibility index (Phi) is 9.02. The molecule has 0 aliphatic rings. The summed E-state index contributed by atoms with van der Waals surface area (Å²) in [5.41, 5.74) is 3.80. The maximum atomic E-state index is 11.4. The van der Waals surface area contributed by atoms with E-state index in [1.54, 1.807) is 12.1 Å². The fourth-order valence-corrected chi connectivity index (χ4v) is 4.86. The van der Waals surface area contributed by atoms with E-state index >= 15 is 0 Å². The molecule has 0 aliphatic heterocycles. The van der Waals surface area contributed by atoms with E-state index in [0.717, 1.165) is 23.1 Å². The molecular formula is C33H37NO5. The number of hydrogen-bond donors (Lipinski definition) is 3. The molecule has 0 amide bonds. The van der Waals surface area contributed by atoms with Gasteiger partial charge >= 0.3 is 5.97 Å². The Balaban J connectivity index is 1.36. The average molecular weight is 528 g/mol. The van der Waals surface area contributed by atoms with Crippen molar-refractivity contribution in [3.05, 3.63) is 102 Å². The van der Waals surface area contributed by atoms with Crippen LogP contribution in [0, 0.1) is 0 Å². The van der Waals surface area contributed by atoms with E-state index in [-0.39, 0.29) is 23.8 Å². The number of aliphatic hydroxyl groups excluding tert-OH is 1. The molecule has 4 rings (SSSR count). The van der Waals surface area contributed by atoms with Gasteiger partial charge in [-0.3, -0.25) is 0 Å².